The molecule has 2 fully saturated rings. The number of aliphatic hydroxyl groups is 1. The molecule has 2 bridgehead atoms. The van der Waals surface area contributed by atoms with Crippen LogP contribution in [-0.2, 0) is 9.57 Å². The van der Waals surface area contributed by atoms with E-state index in [0.717, 1.165) is 19.4 Å². The van der Waals surface area contributed by atoms with E-state index in [0.29, 0.717) is 24.1 Å². The summed E-state index contributed by atoms with van der Waals surface area (Å²) in [4.78, 5) is 35.5. The first-order valence-electron chi connectivity index (χ1n) is 11.1. The average molecular weight is 443 g/mol. The van der Waals surface area contributed by atoms with E-state index in [4.69, 9.17) is 9.57 Å². The van der Waals surface area contributed by atoms with E-state index in [9.17, 15) is 14.7 Å². The minimum atomic E-state index is -0.861. The molecule has 9 nitrogen and oxygen atoms in total. The van der Waals surface area contributed by atoms with Crippen LogP contribution in [0.2, 0.25) is 0 Å². The lowest BCUT2D eigenvalue weighted by Crippen LogP contribution is -2.57. The smallest absolute Gasteiger partial charge is 0.351 e. The van der Waals surface area contributed by atoms with Crippen molar-refractivity contribution >= 4 is 11.7 Å². The summed E-state index contributed by atoms with van der Waals surface area (Å²) in [5.41, 5.74) is -0.325. The number of amides is 1. The molecule has 2 aliphatic rings. The van der Waals surface area contributed by atoms with Crippen molar-refractivity contribution in [2.24, 2.45) is 0 Å². The number of aromatic nitrogens is 2. The van der Waals surface area contributed by atoms with Gasteiger partial charge in [0.1, 0.15) is 17.5 Å². The molecule has 172 valence electrons. The van der Waals surface area contributed by atoms with Crippen LogP contribution in [0.3, 0.4) is 0 Å². The van der Waals surface area contributed by atoms with Gasteiger partial charge in [0.25, 0.3) is 5.91 Å². The number of ether oxygens (including phenoxy) is 1. The van der Waals surface area contributed by atoms with Crippen molar-refractivity contribution in [1.82, 2.24) is 14.6 Å². The van der Waals surface area contributed by atoms with E-state index >= 15 is 0 Å². The lowest BCUT2D eigenvalue weighted by molar-refractivity contribution is -0.265. The van der Waals surface area contributed by atoms with Crippen LogP contribution < -0.4 is 11.0 Å². The van der Waals surface area contributed by atoms with Gasteiger partial charge >= 0.3 is 5.69 Å². The maximum atomic E-state index is 12.9. The molecule has 32 heavy (non-hydrogen) atoms. The number of nitrogens with zero attached hydrogens (tertiary/aromatic N) is 3. The number of carbonyl (C=O) groups is 1. The zero-order valence-corrected chi connectivity index (χ0v) is 18.7. The second kappa shape index (κ2) is 9.11. The zero-order valence-electron chi connectivity index (χ0n) is 18.7. The Morgan fingerprint density at radius 1 is 1.31 bits per heavy atom. The average Bonchev–Trinajstić information content (AvgIpc) is 2.95. The molecular weight excluding hydrogens is 412 g/mol. The van der Waals surface area contributed by atoms with Crippen LogP contribution in [0.25, 0.3) is 0 Å². The van der Waals surface area contributed by atoms with Gasteiger partial charge in [-0.3, -0.25) is 14.2 Å². The van der Waals surface area contributed by atoms with Gasteiger partial charge in [-0.1, -0.05) is 38.5 Å². The van der Waals surface area contributed by atoms with Gasteiger partial charge in [0.2, 0.25) is 0 Å². The molecule has 0 radical (unpaired) electrons. The van der Waals surface area contributed by atoms with Gasteiger partial charge in [0, 0.05) is 23.9 Å². The minimum Gasteiger partial charge on any atom is -0.387 e. The fourth-order valence-corrected chi connectivity index (χ4v) is 4.31. The Morgan fingerprint density at radius 2 is 2.06 bits per heavy atom. The van der Waals surface area contributed by atoms with Crippen LogP contribution in [0.5, 0.6) is 0 Å². The number of nitrogens with one attached hydrogen (secondary N) is 1. The number of aryl methyl sites for hydroxylation is 1. The maximum absolute atomic E-state index is 12.9. The molecule has 0 aliphatic carbocycles. The number of hydrogen-bond acceptors (Lipinski definition) is 7. The number of fused-ring (bicyclic) bond motifs is 2. The third-order valence-electron chi connectivity index (χ3n) is 6.24. The molecule has 1 amide bonds. The first-order chi connectivity index (χ1) is 15.4. The summed E-state index contributed by atoms with van der Waals surface area (Å²) < 4.78 is 7.63. The molecule has 2 aliphatic heterocycles. The van der Waals surface area contributed by atoms with Crippen molar-refractivity contribution in [3.05, 3.63) is 58.1 Å². The molecule has 1 unspecified atom stereocenters. The Bertz CT molecular complexity index is 1030. The van der Waals surface area contributed by atoms with Crippen molar-refractivity contribution < 1.29 is 19.5 Å². The largest absolute Gasteiger partial charge is 0.387 e. The Kier molecular flexibility index (Phi) is 6.43. The van der Waals surface area contributed by atoms with E-state index in [-0.39, 0.29) is 11.7 Å². The number of anilines is 1. The molecule has 4 atom stereocenters. The molecule has 2 aromatic rings. The number of unbranched alkanes of at least 4 members (excludes halogenated alkanes) is 1. The SMILES string of the molecule is CCCCN1C[C@]2(CC)O[C@@H](n3cc(C)c(NC(=O)c4ccccc4)nc3=O)[C@@H](O1)C2O. The highest BCUT2D eigenvalue weighted by Gasteiger charge is 2.60. The fourth-order valence-electron chi connectivity index (χ4n) is 4.31. The van der Waals surface area contributed by atoms with E-state index in [1.54, 1.807) is 37.4 Å². The molecule has 1 aromatic heterocycles. The van der Waals surface area contributed by atoms with Gasteiger partial charge in [0.05, 0.1) is 6.54 Å². The summed E-state index contributed by atoms with van der Waals surface area (Å²) in [6.45, 7) is 6.98. The lowest BCUT2D eigenvalue weighted by atomic mass is 9.91. The standard InChI is InChI=1S/C23H30N4O5/c1-4-6-12-26-14-23(5-2)18(28)17(32-26)21(31-23)27-13-15(3)19(25-22(27)30)24-20(29)16-10-8-7-9-11-16/h7-11,13,17-18,21,28H,4-6,12,14H2,1-3H3,(H,24,25,29,30)/t17-,18?,21+,23-/m0/s1. The summed E-state index contributed by atoms with van der Waals surface area (Å²) in [5.74, 6) is -0.154. The molecule has 2 N–H and O–H groups in total. The zero-order chi connectivity index (χ0) is 22.9. The van der Waals surface area contributed by atoms with Crippen LogP contribution in [0.1, 0.15) is 55.3 Å². The summed E-state index contributed by atoms with van der Waals surface area (Å²) in [5, 5.41) is 15.5. The lowest BCUT2D eigenvalue weighted by Gasteiger charge is -2.40. The number of rotatable bonds is 7. The Hall–Kier alpha value is -2.59. The minimum absolute atomic E-state index is 0.192. The van der Waals surface area contributed by atoms with Gasteiger partial charge < -0.3 is 15.2 Å². The Morgan fingerprint density at radius 3 is 2.75 bits per heavy atom. The molecule has 0 spiro atoms. The first-order valence-corrected chi connectivity index (χ1v) is 11.1. The number of hydrogen-bond donors (Lipinski definition) is 2. The van der Waals surface area contributed by atoms with Crippen molar-refractivity contribution in [1.29, 1.82) is 0 Å². The first kappa shape index (κ1) is 22.6. The molecule has 9 heteroatoms. The maximum Gasteiger partial charge on any atom is 0.351 e. The van der Waals surface area contributed by atoms with Crippen molar-refractivity contribution in [3.8, 4) is 0 Å². The van der Waals surface area contributed by atoms with Gasteiger partial charge in [-0.15, -0.1) is 0 Å². The van der Waals surface area contributed by atoms with Crippen LogP contribution >= 0.6 is 0 Å². The highest BCUT2D eigenvalue weighted by atomic mass is 16.7. The number of carbonyl (C=O) groups excluding carboxylic acids is 1. The van der Waals surface area contributed by atoms with Crippen molar-refractivity contribution in [3.63, 3.8) is 0 Å². The molecule has 3 heterocycles. The number of benzene rings is 1. The van der Waals surface area contributed by atoms with Crippen LogP contribution in [0, 0.1) is 6.92 Å². The Balaban J connectivity index is 1.59. The van der Waals surface area contributed by atoms with Crippen LogP contribution in [-0.4, -0.2) is 56.5 Å². The summed E-state index contributed by atoms with van der Waals surface area (Å²) >= 11 is 0. The predicted octanol–water partition coefficient (Wildman–Crippen LogP) is 2.26. The monoisotopic (exact) mass is 442 g/mol. The highest BCUT2D eigenvalue weighted by Crippen LogP contribution is 2.44. The Labute approximate surface area is 186 Å². The van der Waals surface area contributed by atoms with Gasteiger partial charge in [-0.2, -0.15) is 10.0 Å². The van der Waals surface area contributed by atoms with Crippen molar-refractivity contribution in [2.45, 2.75) is 64.1 Å². The van der Waals surface area contributed by atoms with E-state index in [1.165, 1.54) is 4.57 Å². The second-order valence-electron chi connectivity index (χ2n) is 8.44. The molecular formula is C23H30N4O5. The number of aliphatic hydroxyl groups excluding tert-OH is 1. The normalized spacial score (nSPS) is 27.4. The molecule has 1 aromatic carbocycles. The van der Waals surface area contributed by atoms with Gasteiger partial charge in [-0.05, 0) is 31.9 Å². The summed E-state index contributed by atoms with van der Waals surface area (Å²) in [7, 11) is 0. The fraction of sp³-hybridized carbons (Fsp3) is 0.522. The summed E-state index contributed by atoms with van der Waals surface area (Å²) in [6, 6.07) is 8.72. The molecule has 4 rings (SSSR count). The van der Waals surface area contributed by atoms with Crippen LogP contribution in [0.4, 0.5) is 5.82 Å². The predicted molar refractivity (Wildman–Crippen MR) is 118 cm³/mol. The van der Waals surface area contributed by atoms with Crippen LogP contribution in [0.15, 0.2) is 41.3 Å². The van der Waals surface area contributed by atoms with E-state index < -0.39 is 29.7 Å². The highest BCUT2D eigenvalue weighted by molar-refractivity contribution is 6.03. The molecule has 0 saturated carbocycles. The van der Waals surface area contributed by atoms with E-state index in [2.05, 4.69) is 17.2 Å². The van der Waals surface area contributed by atoms with E-state index in [1.807, 2.05) is 18.1 Å². The van der Waals surface area contributed by atoms with Gasteiger partial charge in [-0.25, -0.2) is 4.79 Å². The molecule has 2 saturated heterocycles. The third kappa shape index (κ3) is 4.09. The summed E-state index contributed by atoms with van der Waals surface area (Å²) in [6.07, 6.45) is 1.77. The number of hydroxylamine groups is 2. The third-order valence-corrected chi connectivity index (χ3v) is 6.24. The quantitative estimate of drug-likeness (QED) is 0.677. The second-order valence-corrected chi connectivity index (χ2v) is 8.44. The van der Waals surface area contributed by atoms with Gasteiger partial charge in [0.15, 0.2) is 12.3 Å². The topological polar surface area (TPSA) is 106 Å². The van der Waals surface area contributed by atoms with Crippen molar-refractivity contribution in [2.75, 3.05) is 18.4 Å².